The van der Waals surface area contributed by atoms with E-state index in [2.05, 4.69) is 79.9 Å². The van der Waals surface area contributed by atoms with E-state index in [0.717, 1.165) is 64.2 Å². The van der Waals surface area contributed by atoms with Crippen LogP contribution in [-0.2, 0) is 23.7 Å². The molecule has 14 heteroatoms. The lowest BCUT2D eigenvalue weighted by molar-refractivity contribution is -0.359. The van der Waals surface area contributed by atoms with Gasteiger partial charge in [0.2, 0.25) is 5.91 Å². The summed E-state index contributed by atoms with van der Waals surface area (Å²) in [4.78, 5) is 13.3. The van der Waals surface area contributed by atoms with Gasteiger partial charge in [-0.3, -0.25) is 4.79 Å². The number of ether oxygens (including phenoxy) is 4. The normalized spacial score (nSPS) is 23.7. The zero-order valence-electron chi connectivity index (χ0n) is 55.0. The minimum atomic E-state index is -1.80. The van der Waals surface area contributed by atoms with E-state index in [0.29, 0.717) is 12.8 Å². The van der Waals surface area contributed by atoms with Crippen LogP contribution in [0.5, 0.6) is 0 Å². The molecule has 0 radical (unpaired) electrons. The first-order valence-corrected chi connectivity index (χ1v) is 35.7. The number of nitrogens with one attached hydrogen (secondary N) is 1. The Balaban J connectivity index is 1.71. The number of hydrogen-bond donors (Lipinski definition) is 9. The van der Waals surface area contributed by atoms with Crippen molar-refractivity contribution in [2.45, 2.75) is 364 Å². The third-order valence-electron chi connectivity index (χ3n) is 17.1. The van der Waals surface area contributed by atoms with Gasteiger partial charge in [-0.1, -0.05) is 273 Å². The molecule has 2 rings (SSSR count). The molecule has 12 atom stereocenters. The van der Waals surface area contributed by atoms with Crippen LogP contribution in [0.2, 0.25) is 0 Å². The summed E-state index contributed by atoms with van der Waals surface area (Å²) in [6.07, 6.45) is 61.0. The second kappa shape index (κ2) is 57.3. The lowest BCUT2D eigenvalue weighted by atomic mass is 9.97. The van der Waals surface area contributed by atoms with E-state index in [4.69, 9.17) is 18.9 Å². The Morgan fingerprint density at radius 2 is 0.770 bits per heavy atom. The van der Waals surface area contributed by atoms with Crippen LogP contribution in [-0.4, -0.2) is 140 Å². The van der Waals surface area contributed by atoms with E-state index in [1.165, 1.54) is 193 Å². The summed E-state index contributed by atoms with van der Waals surface area (Å²) in [7, 11) is 0. The number of amides is 1. The Morgan fingerprint density at radius 3 is 1.21 bits per heavy atom. The van der Waals surface area contributed by atoms with E-state index in [-0.39, 0.29) is 18.9 Å². The lowest BCUT2D eigenvalue weighted by Crippen LogP contribution is -2.65. The van der Waals surface area contributed by atoms with Crippen LogP contribution in [0.1, 0.15) is 290 Å². The van der Waals surface area contributed by atoms with E-state index >= 15 is 0 Å². The Bertz CT molecular complexity index is 1740. The average Bonchev–Trinajstić information content (AvgIpc) is 2.50. The Morgan fingerprint density at radius 1 is 0.414 bits per heavy atom. The van der Waals surface area contributed by atoms with Crippen molar-refractivity contribution in [3.05, 3.63) is 72.9 Å². The first-order valence-electron chi connectivity index (χ1n) is 35.7. The molecule has 2 aliphatic rings. The fraction of sp³-hybridized carbons (Fsp3) is 0.822. The number of allylic oxidation sites excluding steroid dienone is 11. The maximum absolute atomic E-state index is 13.3. The molecule has 9 N–H and O–H groups in total. The fourth-order valence-electron chi connectivity index (χ4n) is 11.4. The average molecular weight is 1230 g/mol. The van der Waals surface area contributed by atoms with Crippen LogP contribution in [0.4, 0.5) is 0 Å². The van der Waals surface area contributed by atoms with Gasteiger partial charge in [0, 0.05) is 6.42 Å². The van der Waals surface area contributed by atoms with Crippen molar-refractivity contribution in [3.8, 4) is 0 Å². The number of aliphatic hydroxyl groups excluding tert-OH is 8. The van der Waals surface area contributed by atoms with Gasteiger partial charge >= 0.3 is 0 Å². The van der Waals surface area contributed by atoms with E-state index in [1.54, 1.807) is 6.08 Å². The zero-order valence-corrected chi connectivity index (χ0v) is 55.0. The number of carbonyl (C=O) groups excluding carboxylic acids is 1. The van der Waals surface area contributed by atoms with Crippen LogP contribution in [0.25, 0.3) is 0 Å². The van der Waals surface area contributed by atoms with Crippen molar-refractivity contribution in [3.63, 3.8) is 0 Å². The first-order chi connectivity index (χ1) is 42.6. The highest BCUT2D eigenvalue weighted by Gasteiger charge is 2.51. The Labute approximate surface area is 529 Å². The highest BCUT2D eigenvalue weighted by Crippen LogP contribution is 2.30. The van der Waals surface area contributed by atoms with Crippen molar-refractivity contribution in [2.24, 2.45) is 0 Å². The first kappa shape index (κ1) is 80.5. The van der Waals surface area contributed by atoms with Crippen molar-refractivity contribution in [2.75, 3.05) is 19.8 Å². The van der Waals surface area contributed by atoms with E-state index in [1.807, 2.05) is 6.08 Å². The predicted molar refractivity (Wildman–Crippen MR) is 355 cm³/mol. The summed E-state index contributed by atoms with van der Waals surface area (Å²) in [5.74, 6) is -0.257. The predicted octanol–water partition coefficient (Wildman–Crippen LogP) is 14.6. The molecule has 14 nitrogen and oxygen atoms in total. The molecule has 2 saturated heterocycles. The molecule has 506 valence electrons. The van der Waals surface area contributed by atoms with Gasteiger partial charge in [0.05, 0.1) is 32.0 Å². The smallest absolute Gasteiger partial charge is 0.220 e. The number of unbranched alkanes of at least 4 members (excludes halogenated alkanes) is 35. The van der Waals surface area contributed by atoms with Gasteiger partial charge in [0.15, 0.2) is 12.6 Å². The Hall–Kier alpha value is -2.57. The molecule has 2 fully saturated rings. The third kappa shape index (κ3) is 41.5. The van der Waals surface area contributed by atoms with E-state index < -0.39 is 86.8 Å². The second-order valence-electron chi connectivity index (χ2n) is 25.0. The largest absolute Gasteiger partial charge is 0.394 e. The molecule has 12 unspecified atom stereocenters. The third-order valence-corrected chi connectivity index (χ3v) is 17.1. The van der Waals surface area contributed by atoms with Crippen LogP contribution in [0, 0.1) is 0 Å². The molecule has 0 bridgehead atoms. The van der Waals surface area contributed by atoms with Gasteiger partial charge in [-0.15, -0.1) is 0 Å². The van der Waals surface area contributed by atoms with Crippen LogP contribution >= 0.6 is 0 Å². The van der Waals surface area contributed by atoms with Gasteiger partial charge in [0.25, 0.3) is 0 Å². The number of hydrogen-bond acceptors (Lipinski definition) is 13. The number of carbonyl (C=O) groups is 1. The van der Waals surface area contributed by atoms with Gasteiger partial charge < -0.3 is 65.1 Å². The summed E-state index contributed by atoms with van der Waals surface area (Å²) >= 11 is 0. The van der Waals surface area contributed by atoms with Crippen molar-refractivity contribution in [1.29, 1.82) is 0 Å². The molecule has 87 heavy (non-hydrogen) atoms. The minimum absolute atomic E-state index is 0.257. The highest BCUT2D eigenvalue weighted by molar-refractivity contribution is 5.76. The molecule has 0 aromatic heterocycles. The molecule has 0 aromatic carbocycles. The standard InChI is InChI=1S/C73H131NO13/c1-3-5-7-9-11-13-15-17-19-21-23-25-27-29-30-31-33-34-36-38-40-42-44-46-48-50-52-54-56-62(77)61(60-84-72-70(83)68(81)71(64(59-76)86-72)87-73-69(82)67(80)66(79)63(58-75)85-73)74-65(78)57-55-53-51-49-47-45-43-41-39-37-35-32-28-26-24-22-20-18-16-14-12-10-8-6-4-2/h16,18,22,24,28,32,38,40,46,48,54,56,61-64,66-73,75-77,79-83H,3-15,17,19-21,23,25-27,29-31,33-37,39,41-45,47,49-53,55,57-60H2,1-2H3,(H,74,78)/b18-16-,24-22-,32-28-,40-38+,48-46+,56-54+. The highest BCUT2D eigenvalue weighted by atomic mass is 16.7. The Kier molecular flexibility index (Phi) is 53.1. The molecular weight excluding hydrogens is 1100 g/mol. The van der Waals surface area contributed by atoms with Crippen molar-refractivity contribution < 1.29 is 64.6 Å². The van der Waals surface area contributed by atoms with Crippen LogP contribution < -0.4 is 5.32 Å². The quantitative estimate of drug-likeness (QED) is 0.0204. The molecule has 2 heterocycles. The van der Waals surface area contributed by atoms with Crippen molar-refractivity contribution >= 4 is 5.91 Å². The van der Waals surface area contributed by atoms with E-state index in [9.17, 15) is 45.6 Å². The fourth-order valence-corrected chi connectivity index (χ4v) is 11.4. The van der Waals surface area contributed by atoms with Crippen LogP contribution in [0.3, 0.4) is 0 Å². The summed E-state index contributed by atoms with van der Waals surface area (Å²) in [5, 5.41) is 87.4. The summed E-state index contributed by atoms with van der Waals surface area (Å²) < 4.78 is 22.8. The molecule has 2 aliphatic heterocycles. The maximum atomic E-state index is 13.3. The molecule has 0 spiro atoms. The maximum Gasteiger partial charge on any atom is 0.220 e. The van der Waals surface area contributed by atoms with Gasteiger partial charge in [-0.25, -0.2) is 0 Å². The lowest BCUT2D eigenvalue weighted by Gasteiger charge is -2.46. The zero-order chi connectivity index (χ0) is 63.1. The monoisotopic (exact) mass is 1230 g/mol. The molecule has 0 saturated carbocycles. The minimum Gasteiger partial charge on any atom is -0.394 e. The topological polar surface area (TPSA) is 228 Å². The van der Waals surface area contributed by atoms with Gasteiger partial charge in [-0.2, -0.15) is 0 Å². The molecular formula is C73H131NO13. The summed E-state index contributed by atoms with van der Waals surface area (Å²) in [6.45, 7) is 2.79. The molecule has 0 aliphatic carbocycles. The summed E-state index contributed by atoms with van der Waals surface area (Å²) in [6, 6.07) is -0.945. The molecule has 1 amide bonds. The van der Waals surface area contributed by atoms with Crippen LogP contribution in [0.15, 0.2) is 72.9 Å². The summed E-state index contributed by atoms with van der Waals surface area (Å²) in [5.41, 5.74) is 0. The second-order valence-corrected chi connectivity index (χ2v) is 25.0. The van der Waals surface area contributed by atoms with Crippen molar-refractivity contribution in [1.82, 2.24) is 5.32 Å². The van der Waals surface area contributed by atoms with Gasteiger partial charge in [0.1, 0.15) is 48.8 Å². The number of aliphatic hydroxyl groups is 8. The molecule has 0 aromatic rings. The number of rotatable bonds is 58. The SMILES string of the molecule is CCCCCCC/C=C\C/C=C\C/C=C\CCCCCCCCCCCCC(=O)NC(COC1OC(CO)C(OC2OC(CO)C(O)C(O)C2O)C(O)C1O)C(O)/C=C/CC/C=C/CC/C=C/CCCCCCCCCCCCCCCCCCCC. The van der Waals surface area contributed by atoms with Gasteiger partial charge in [-0.05, 0) is 83.5 Å².